The van der Waals surface area contributed by atoms with Crippen molar-refractivity contribution in [1.82, 2.24) is 29.5 Å². The maximum absolute atomic E-state index is 13.1. The van der Waals surface area contributed by atoms with Crippen molar-refractivity contribution in [3.63, 3.8) is 0 Å². The lowest BCUT2D eigenvalue weighted by molar-refractivity contribution is -0.0561. The van der Waals surface area contributed by atoms with Crippen LogP contribution in [0.5, 0.6) is 5.88 Å². The molecule has 6 N–H and O–H groups in total. The first-order valence-electron chi connectivity index (χ1n) is 12.3. The van der Waals surface area contributed by atoms with Crippen molar-refractivity contribution in [3.05, 3.63) is 35.3 Å². The molecule has 2 aliphatic heterocycles. The van der Waals surface area contributed by atoms with Crippen molar-refractivity contribution in [2.75, 3.05) is 18.9 Å². The summed E-state index contributed by atoms with van der Waals surface area (Å²) in [5, 5.41) is 10.9. The predicted molar refractivity (Wildman–Crippen MR) is 133 cm³/mol. The molecule has 2 saturated heterocycles. The SMILES string of the molecule is Nc1nc2c(ncn2[C@@H]2O[C@@H]3COP(=O)(O)O[C@H]4C[C@H](Oc5ccncn5)C[C@@H]4COP(=O)(O)O[C@@H]2[C@@H]3O)c(=O)[nH]1. The van der Waals surface area contributed by atoms with E-state index in [4.69, 9.17) is 33.3 Å². The minimum absolute atomic E-state index is 0.0758. The monoisotopic (exact) mass is 617 g/mol. The minimum Gasteiger partial charge on any atom is -0.474 e. The van der Waals surface area contributed by atoms with E-state index in [-0.39, 0.29) is 35.8 Å². The Morgan fingerprint density at radius 1 is 1.10 bits per heavy atom. The Bertz CT molecular complexity index is 1570. The number of aromatic amines is 1. The maximum atomic E-state index is 13.1. The second-order valence-corrected chi connectivity index (χ2v) is 12.4. The van der Waals surface area contributed by atoms with E-state index < -0.39 is 77.1 Å². The summed E-state index contributed by atoms with van der Waals surface area (Å²) in [5.74, 6) is -0.676. The Labute approximate surface area is 229 Å². The molecule has 21 heteroatoms. The van der Waals surface area contributed by atoms with E-state index in [9.17, 15) is 28.8 Å². The van der Waals surface area contributed by atoms with Gasteiger partial charge in [0.05, 0.1) is 25.6 Å². The molecular formula is C20H25N7O12P2. The van der Waals surface area contributed by atoms with E-state index in [1.807, 2.05) is 0 Å². The molecule has 0 spiro atoms. The van der Waals surface area contributed by atoms with Gasteiger partial charge < -0.3 is 30.1 Å². The summed E-state index contributed by atoms with van der Waals surface area (Å²) in [5.41, 5.74) is 4.79. The van der Waals surface area contributed by atoms with Gasteiger partial charge in [-0.15, -0.1) is 0 Å². The molecule has 6 rings (SSSR count). The lowest BCUT2D eigenvalue weighted by Crippen LogP contribution is -2.35. The van der Waals surface area contributed by atoms with E-state index in [2.05, 4.69) is 24.9 Å². The number of H-pyrrole nitrogens is 1. The number of nitrogens with two attached hydrogens (primary N) is 1. The van der Waals surface area contributed by atoms with Crippen LogP contribution in [-0.2, 0) is 32.0 Å². The van der Waals surface area contributed by atoms with E-state index in [1.54, 1.807) is 0 Å². The smallest absolute Gasteiger partial charge is 0.472 e. The number of aromatic nitrogens is 6. The van der Waals surface area contributed by atoms with Gasteiger partial charge >= 0.3 is 15.6 Å². The zero-order valence-electron chi connectivity index (χ0n) is 20.9. The van der Waals surface area contributed by atoms with Crippen LogP contribution in [0, 0.1) is 5.92 Å². The van der Waals surface area contributed by atoms with Crippen molar-refractivity contribution in [3.8, 4) is 5.88 Å². The van der Waals surface area contributed by atoms with Crippen LogP contribution in [0.25, 0.3) is 11.2 Å². The van der Waals surface area contributed by atoms with Crippen LogP contribution >= 0.6 is 15.6 Å². The van der Waals surface area contributed by atoms with Crippen molar-refractivity contribution in [2.45, 2.75) is 49.6 Å². The summed E-state index contributed by atoms with van der Waals surface area (Å²) in [6.07, 6.45) is -3.34. The number of phosphoric ester groups is 2. The minimum atomic E-state index is -4.90. The Morgan fingerprint density at radius 3 is 2.66 bits per heavy atom. The number of hydrogen-bond acceptors (Lipinski definition) is 15. The number of nitrogens with one attached hydrogen (secondary N) is 1. The zero-order chi connectivity index (χ0) is 28.9. The topological polar surface area (TPSA) is 266 Å². The molecule has 9 atom stereocenters. The number of aliphatic hydroxyl groups is 1. The van der Waals surface area contributed by atoms with Gasteiger partial charge in [0, 0.05) is 24.6 Å². The normalized spacial score (nSPS) is 38.1. The number of ether oxygens (including phenoxy) is 2. The Kier molecular flexibility index (Phi) is 7.44. The Balaban J connectivity index is 1.28. The highest BCUT2D eigenvalue weighted by Gasteiger charge is 2.51. The number of imidazole rings is 1. The van der Waals surface area contributed by atoms with E-state index in [0.717, 1.165) is 10.9 Å². The van der Waals surface area contributed by atoms with Gasteiger partial charge in [-0.05, 0) is 6.42 Å². The fourth-order valence-electron chi connectivity index (χ4n) is 5.02. The third-order valence-electron chi connectivity index (χ3n) is 6.84. The molecule has 3 aromatic heterocycles. The molecule has 0 aromatic carbocycles. The van der Waals surface area contributed by atoms with Crippen LogP contribution in [-0.4, -0.2) is 88.1 Å². The molecule has 1 saturated carbocycles. The highest BCUT2D eigenvalue weighted by molar-refractivity contribution is 7.47. The lowest BCUT2D eigenvalue weighted by atomic mass is 10.1. The van der Waals surface area contributed by atoms with Gasteiger partial charge in [0.15, 0.2) is 17.4 Å². The van der Waals surface area contributed by atoms with E-state index in [0.29, 0.717) is 0 Å². The van der Waals surface area contributed by atoms with Crippen molar-refractivity contribution in [2.24, 2.45) is 5.92 Å². The molecule has 3 fully saturated rings. The first-order valence-corrected chi connectivity index (χ1v) is 15.3. The van der Waals surface area contributed by atoms with Crippen molar-refractivity contribution in [1.29, 1.82) is 0 Å². The molecular weight excluding hydrogens is 592 g/mol. The van der Waals surface area contributed by atoms with Gasteiger partial charge in [0.1, 0.15) is 30.7 Å². The van der Waals surface area contributed by atoms with Crippen molar-refractivity contribution >= 4 is 32.8 Å². The highest BCUT2D eigenvalue weighted by Crippen LogP contribution is 2.54. The number of nitrogen functional groups attached to an aromatic ring is 1. The quantitative estimate of drug-likeness (QED) is 0.235. The van der Waals surface area contributed by atoms with E-state index in [1.165, 1.54) is 18.6 Å². The third kappa shape index (κ3) is 5.91. The first kappa shape index (κ1) is 28.3. The molecule has 19 nitrogen and oxygen atoms in total. The van der Waals surface area contributed by atoms with Gasteiger partial charge in [0.25, 0.3) is 5.56 Å². The molecule has 222 valence electrons. The second-order valence-electron chi connectivity index (χ2n) is 9.59. The fourth-order valence-corrected chi connectivity index (χ4v) is 7.00. The summed E-state index contributed by atoms with van der Waals surface area (Å²) >= 11 is 0. The van der Waals surface area contributed by atoms with Crippen LogP contribution in [0.15, 0.2) is 29.7 Å². The molecule has 41 heavy (non-hydrogen) atoms. The molecule has 3 aromatic rings. The molecule has 5 heterocycles. The van der Waals surface area contributed by atoms with Gasteiger partial charge in [-0.3, -0.25) is 32.4 Å². The molecule has 0 radical (unpaired) electrons. The molecule has 2 bridgehead atoms. The van der Waals surface area contributed by atoms with Crippen LogP contribution in [0.3, 0.4) is 0 Å². The Morgan fingerprint density at radius 2 is 1.88 bits per heavy atom. The number of phosphoric acid groups is 2. The number of hydrogen-bond donors (Lipinski definition) is 5. The van der Waals surface area contributed by atoms with Gasteiger partial charge in [-0.25, -0.2) is 24.1 Å². The summed E-state index contributed by atoms with van der Waals surface area (Å²) in [7, 11) is -9.65. The van der Waals surface area contributed by atoms with Crippen LogP contribution in [0.4, 0.5) is 5.95 Å². The summed E-state index contributed by atoms with van der Waals surface area (Å²) in [6.45, 7) is -1.12. The fraction of sp³-hybridized carbons (Fsp3) is 0.550. The predicted octanol–water partition coefficient (Wildman–Crippen LogP) is -0.374. The van der Waals surface area contributed by atoms with Gasteiger partial charge in [0.2, 0.25) is 11.8 Å². The van der Waals surface area contributed by atoms with Gasteiger partial charge in [-0.2, -0.15) is 4.98 Å². The summed E-state index contributed by atoms with van der Waals surface area (Å²) in [6, 6.07) is 1.53. The second kappa shape index (κ2) is 10.8. The molecule has 2 unspecified atom stereocenters. The standard InChI is InChI=1S/C20H25N7O12P2/c21-20-25-17-14(18(29)26-20)24-8-27(17)19-16-15(28)12(37-19)6-35-40(30,31)38-11-4-10(36-13-1-2-22-7-23-13)3-9(11)5-34-41(32,33)39-16/h1-2,7-12,15-16,19,28H,3-6H2,(H,30,31)(H,32,33)(H3,21,25,26,29)/t9-,10-,11+,12-,15-,16-,19-/m1/s1. The third-order valence-corrected chi connectivity index (χ3v) is 8.84. The number of rotatable bonds is 3. The largest absolute Gasteiger partial charge is 0.474 e. The summed E-state index contributed by atoms with van der Waals surface area (Å²) < 4.78 is 59.9. The lowest BCUT2D eigenvalue weighted by Gasteiger charge is -2.25. The molecule has 3 aliphatic rings. The average Bonchev–Trinajstić information content (AvgIpc) is 3.57. The first-order chi connectivity index (χ1) is 19.5. The van der Waals surface area contributed by atoms with Crippen LogP contribution < -0.4 is 16.0 Å². The molecule has 1 aliphatic carbocycles. The van der Waals surface area contributed by atoms with Crippen LogP contribution in [0.1, 0.15) is 19.1 Å². The zero-order valence-corrected chi connectivity index (χ0v) is 22.7. The van der Waals surface area contributed by atoms with Crippen LogP contribution in [0.2, 0.25) is 0 Å². The Hall–Kier alpha value is -2.83. The number of nitrogens with zero attached hydrogens (tertiary/aromatic N) is 5. The van der Waals surface area contributed by atoms with Crippen molar-refractivity contribution < 1.29 is 51.6 Å². The average molecular weight is 617 g/mol. The highest BCUT2D eigenvalue weighted by atomic mass is 31.2. The van der Waals surface area contributed by atoms with Gasteiger partial charge in [-0.1, -0.05) is 0 Å². The molecule has 0 amide bonds. The number of anilines is 1. The summed E-state index contributed by atoms with van der Waals surface area (Å²) in [4.78, 5) is 51.4. The maximum Gasteiger partial charge on any atom is 0.472 e. The number of aliphatic hydroxyl groups excluding tert-OH is 1. The number of fused-ring (bicyclic) bond motifs is 4. The van der Waals surface area contributed by atoms with E-state index >= 15 is 0 Å².